The zero-order valence-corrected chi connectivity index (χ0v) is 15.7. The number of amides is 1. The molecule has 0 aromatic heterocycles. The molecule has 1 fully saturated rings. The van der Waals surface area contributed by atoms with E-state index < -0.39 is 0 Å². The highest BCUT2D eigenvalue weighted by Crippen LogP contribution is 2.25. The smallest absolute Gasteiger partial charge is 0.253 e. The molecule has 2 aromatic rings. The minimum absolute atomic E-state index is 0.102. The lowest BCUT2D eigenvalue weighted by atomic mass is 10.1. The highest BCUT2D eigenvalue weighted by Gasteiger charge is 2.19. The fraction of sp³-hybridized carbons (Fsp3) is 0.409. The Morgan fingerprint density at radius 1 is 1.00 bits per heavy atom. The maximum absolute atomic E-state index is 12.8. The van der Waals surface area contributed by atoms with Crippen LogP contribution in [0.1, 0.15) is 47.7 Å². The van der Waals surface area contributed by atoms with Gasteiger partial charge in [-0.2, -0.15) is 0 Å². The Balaban J connectivity index is 1.79. The molecule has 0 N–H and O–H groups in total. The summed E-state index contributed by atoms with van der Waals surface area (Å²) < 4.78 is 11.7. The van der Waals surface area contributed by atoms with Crippen molar-refractivity contribution in [2.24, 2.45) is 0 Å². The van der Waals surface area contributed by atoms with E-state index in [2.05, 4.69) is 0 Å². The van der Waals surface area contributed by atoms with E-state index in [0.717, 1.165) is 48.6 Å². The minimum atomic E-state index is 0.102. The van der Waals surface area contributed by atoms with E-state index in [-0.39, 0.29) is 5.91 Å². The first-order valence-electron chi connectivity index (χ1n) is 9.42. The van der Waals surface area contributed by atoms with Crippen LogP contribution in [0.3, 0.4) is 0 Å². The lowest BCUT2D eigenvalue weighted by Gasteiger charge is -2.27. The highest BCUT2D eigenvalue weighted by atomic mass is 16.5. The molecule has 1 aliphatic heterocycles. The predicted octanol–water partition coefficient (Wildman–Crippen LogP) is 4.60. The molecule has 26 heavy (non-hydrogen) atoms. The van der Waals surface area contributed by atoms with Gasteiger partial charge in [-0.05, 0) is 62.9 Å². The fourth-order valence-electron chi connectivity index (χ4n) is 3.28. The van der Waals surface area contributed by atoms with Gasteiger partial charge >= 0.3 is 0 Å². The average molecular weight is 353 g/mol. The van der Waals surface area contributed by atoms with Crippen molar-refractivity contribution in [1.82, 2.24) is 4.90 Å². The van der Waals surface area contributed by atoms with Crippen LogP contribution in [0.4, 0.5) is 0 Å². The molecule has 1 saturated heterocycles. The molecule has 1 heterocycles. The molecule has 3 rings (SSSR count). The van der Waals surface area contributed by atoms with E-state index in [1.165, 1.54) is 6.42 Å². The number of carbonyl (C=O) groups excluding carboxylic acids is 1. The number of ether oxygens (including phenoxy) is 2. The quantitative estimate of drug-likeness (QED) is 0.762. The Labute approximate surface area is 155 Å². The summed E-state index contributed by atoms with van der Waals surface area (Å²) in [4.78, 5) is 14.7. The number of likely N-dealkylation sites (tertiary alicyclic amines) is 1. The summed E-state index contributed by atoms with van der Waals surface area (Å²) >= 11 is 0. The molecule has 1 aliphatic rings. The zero-order valence-electron chi connectivity index (χ0n) is 15.7. The van der Waals surface area contributed by atoms with E-state index in [1.54, 1.807) is 0 Å². The maximum atomic E-state index is 12.8. The standard InChI is InChI=1S/C22H27NO3/c1-3-25-21-12-11-18(22(24)23-13-7-4-8-14-23)15-19(21)16-26-20-10-6-5-9-17(20)2/h5-6,9-12,15H,3-4,7-8,13-14,16H2,1-2H3. The van der Waals surface area contributed by atoms with Gasteiger partial charge in [0, 0.05) is 24.2 Å². The Hall–Kier alpha value is -2.49. The summed E-state index contributed by atoms with van der Waals surface area (Å²) in [5.74, 6) is 1.73. The van der Waals surface area contributed by atoms with Crippen molar-refractivity contribution in [2.45, 2.75) is 39.7 Å². The van der Waals surface area contributed by atoms with Crippen LogP contribution in [0.2, 0.25) is 0 Å². The summed E-state index contributed by atoms with van der Waals surface area (Å²) in [5, 5.41) is 0. The van der Waals surface area contributed by atoms with Crippen molar-refractivity contribution >= 4 is 5.91 Å². The molecule has 4 heteroatoms. The normalized spacial score (nSPS) is 14.2. The van der Waals surface area contributed by atoms with E-state index >= 15 is 0 Å². The van der Waals surface area contributed by atoms with Gasteiger partial charge in [0.25, 0.3) is 5.91 Å². The zero-order chi connectivity index (χ0) is 18.4. The van der Waals surface area contributed by atoms with Crippen molar-refractivity contribution in [2.75, 3.05) is 19.7 Å². The third-order valence-electron chi connectivity index (χ3n) is 4.73. The summed E-state index contributed by atoms with van der Waals surface area (Å²) in [7, 11) is 0. The molecule has 138 valence electrons. The van der Waals surface area contributed by atoms with Gasteiger partial charge in [-0.3, -0.25) is 4.79 Å². The number of aryl methyl sites for hydroxylation is 1. The Kier molecular flexibility index (Phi) is 6.16. The van der Waals surface area contributed by atoms with E-state index in [0.29, 0.717) is 18.8 Å². The summed E-state index contributed by atoms with van der Waals surface area (Å²) in [6.07, 6.45) is 3.39. The lowest BCUT2D eigenvalue weighted by Crippen LogP contribution is -2.35. The molecule has 0 atom stereocenters. The van der Waals surface area contributed by atoms with Crippen LogP contribution in [0.15, 0.2) is 42.5 Å². The molecule has 0 spiro atoms. The first kappa shape index (κ1) is 18.3. The van der Waals surface area contributed by atoms with Crippen molar-refractivity contribution in [3.8, 4) is 11.5 Å². The predicted molar refractivity (Wildman–Crippen MR) is 103 cm³/mol. The first-order valence-corrected chi connectivity index (χ1v) is 9.42. The van der Waals surface area contributed by atoms with Gasteiger partial charge in [0.1, 0.15) is 18.1 Å². The third kappa shape index (κ3) is 4.37. The van der Waals surface area contributed by atoms with Crippen LogP contribution >= 0.6 is 0 Å². The third-order valence-corrected chi connectivity index (χ3v) is 4.73. The van der Waals surface area contributed by atoms with Gasteiger partial charge in [0.15, 0.2) is 0 Å². The Morgan fingerprint density at radius 3 is 2.50 bits per heavy atom. The molecule has 2 aromatic carbocycles. The van der Waals surface area contributed by atoms with Crippen LogP contribution in [0, 0.1) is 6.92 Å². The second-order valence-electron chi connectivity index (χ2n) is 6.66. The molecule has 4 nitrogen and oxygen atoms in total. The largest absolute Gasteiger partial charge is 0.493 e. The Morgan fingerprint density at radius 2 is 1.77 bits per heavy atom. The molecule has 0 unspecified atom stereocenters. The second kappa shape index (κ2) is 8.75. The number of rotatable bonds is 6. The molecule has 0 aliphatic carbocycles. The van der Waals surface area contributed by atoms with E-state index in [9.17, 15) is 4.79 Å². The molecule has 0 saturated carbocycles. The monoisotopic (exact) mass is 353 g/mol. The number of carbonyl (C=O) groups is 1. The van der Waals surface area contributed by atoms with Crippen LogP contribution in [-0.2, 0) is 6.61 Å². The highest BCUT2D eigenvalue weighted by molar-refractivity contribution is 5.94. The van der Waals surface area contributed by atoms with Crippen molar-refractivity contribution in [1.29, 1.82) is 0 Å². The van der Waals surface area contributed by atoms with Gasteiger partial charge in [0.2, 0.25) is 0 Å². The molecule has 0 bridgehead atoms. The van der Waals surface area contributed by atoms with Gasteiger partial charge in [-0.1, -0.05) is 18.2 Å². The minimum Gasteiger partial charge on any atom is -0.493 e. The van der Waals surface area contributed by atoms with Crippen LogP contribution < -0.4 is 9.47 Å². The summed E-state index contributed by atoms with van der Waals surface area (Å²) in [6.45, 7) is 6.63. The fourth-order valence-corrected chi connectivity index (χ4v) is 3.28. The van der Waals surface area contributed by atoms with E-state index in [4.69, 9.17) is 9.47 Å². The second-order valence-corrected chi connectivity index (χ2v) is 6.66. The van der Waals surface area contributed by atoms with Crippen LogP contribution in [0.5, 0.6) is 11.5 Å². The summed E-state index contributed by atoms with van der Waals surface area (Å²) in [5.41, 5.74) is 2.70. The van der Waals surface area contributed by atoms with Gasteiger partial charge < -0.3 is 14.4 Å². The summed E-state index contributed by atoms with van der Waals surface area (Å²) in [6, 6.07) is 13.6. The van der Waals surface area contributed by atoms with E-state index in [1.807, 2.05) is 61.2 Å². The number of hydrogen-bond acceptors (Lipinski definition) is 3. The molecular formula is C22H27NO3. The maximum Gasteiger partial charge on any atom is 0.253 e. The van der Waals surface area contributed by atoms with Gasteiger partial charge in [-0.15, -0.1) is 0 Å². The molecular weight excluding hydrogens is 326 g/mol. The Bertz CT molecular complexity index is 751. The van der Waals surface area contributed by atoms with Crippen molar-refractivity contribution in [3.63, 3.8) is 0 Å². The topological polar surface area (TPSA) is 38.8 Å². The number of benzene rings is 2. The van der Waals surface area contributed by atoms with Crippen LogP contribution in [0.25, 0.3) is 0 Å². The number of piperidine rings is 1. The number of nitrogens with zero attached hydrogens (tertiary/aromatic N) is 1. The number of para-hydroxylation sites is 1. The molecule has 1 amide bonds. The van der Waals surface area contributed by atoms with Gasteiger partial charge in [-0.25, -0.2) is 0 Å². The average Bonchev–Trinajstić information content (AvgIpc) is 2.68. The SMILES string of the molecule is CCOc1ccc(C(=O)N2CCCCC2)cc1COc1ccccc1C. The van der Waals surface area contributed by atoms with Crippen molar-refractivity contribution < 1.29 is 14.3 Å². The van der Waals surface area contributed by atoms with Crippen molar-refractivity contribution in [3.05, 3.63) is 59.2 Å². The van der Waals surface area contributed by atoms with Crippen LogP contribution in [-0.4, -0.2) is 30.5 Å². The van der Waals surface area contributed by atoms with Gasteiger partial charge in [0.05, 0.1) is 6.61 Å². The first-order chi connectivity index (χ1) is 12.7. The molecule has 0 radical (unpaired) electrons. The number of hydrogen-bond donors (Lipinski definition) is 0. The lowest BCUT2D eigenvalue weighted by molar-refractivity contribution is 0.0724.